The van der Waals surface area contributed by atoms with Crippen molar-refractivity contribution in [1.82, 2.24) is 4.72 Å². The molecule has 0 radical (unpaired) electrons. The van der Waals surface area contributed by atoms with Gasteiger partial charge in [0, 0.05) is 10.5 Å². The Bertz CT molecular complexity index is 559. The minimum Gasteiger partial charge on any atom is -0.391 e. The first-order valence-corrected chi connectivity index (χ1v) is 8.64. The van der Waals surface area contributed by atoms with Crippen molar-refractivity contribution in [3.8, 4) is 0 Å². The third-order valence-electron chi connectivity index (χ3n) is 3.41. The second-order valence-electron chi connectivity index (χ2n) is 5.01. The van der Waals surface area contributed by atoms with Gasteiger partial charge >= 0.3 is 0 Å². The van der Waals surface area contributed by atoms with Crippen molar-refractivity contribution in [3.05, 3.63) is 28.2 Å². The van der Waals surface area contributed by atoms with Gasteiger partial charge in [0.15, 0.2) is 0 Å². The van der Waals surface area contributed by atoms with E-state index in [9.17, 15) is 13.5 Å². The zero-order chi connectivity index (χ0) is 14.0. The van der Waals surface area contributed by atoms with Gasteiger partial charge in [0.25, 0.3) is 0 Å². The fourth-order valence-electron chi connectivity index (χ4n) is 2.34. The number of nitrogens with one attached hydrogen (secondary N) is 1. The Balaban J connectivity index is 2.22. The van der Waals surface area contributed by atoms with Gasteiger partial charge in [-0.15, -0.1) is 0 Å². The number of sulfonamides is 1. The second-order valence-corrected chi connectivity index (χ2v) is 7.55. The first kappa shape index (κ1) is 15.0. The first-order valence-electron chi connectivity index (χ1n) is 6.37. The average molecular weight is 348 g/mol. The normalized spacial score (nSPS) is 24.4. The lowest BCUT2D eigenvalue weighted by atomic mass is 9.93. The quantitative estimate of drug-likeness (QED) is 0.881. The summed E-state index contributed by atoms with van der Waals surface area (Å²) in [5, 5.41) is 9.85. The molecule has 1 aliphatic rings. The Morgan fingerprint density at radius 3 is 2.63 bits per heavy atom. The molecule has 0 heterocycles. The monoisotopic (exact) mass is 347 g/mol. The van der Waals surface area contributed by atoms with E-state index >= 15 is 0 Å². The van der Waals surface area contributed by atoms with Crippen molar-refractivity contribution in [2.45, 2.75) is 49.6 Å². The largest absolute Gasteiger partial charge is 0.391 e. The van der Waals surface area contributed by atoms with Crippen molar-refractivity contribution in [2.24, 2.45) is 0 Å². The summed E-state index contributed by atoms with van der Waals surface area (Å²) in [5.41, 5.74) is 0.989. The lowest BCUT2D eigenvalue weighted by Crippen LogP contribution is -2.45. The van der Waals surface area contributed by atoms with Gasteiger partial charge in [-0.05, 0) is 53.4 Å². The Kier molecular flexibility index (Phi) is 4.66. The summed E-state index contributed by atoms with van der Waals surface area (Å²) >= 11 is 3.28. The molecule has 106 valence electrons. The molecule has 0 bridgehead atoms. The van der Waals surface area contributed by atoms with E-state index in [1.807, 2.05) is 6.92 Å². The highest BCUT2D eigenvalue weighted by atomic mass is 79.9. The zero-order valence-corrected chi connectivity index (χ0v) is 13.2. The second kappa shape index (κ2) is 5.91. The van der Waals surface area contributed by atoms with Gasteiger partial charge in [-0.25, -0.2) is 13.1 Å². The molecule has 2 rings (SSSR count). The smallest absolute Gasteiger partial charge is 0.242 e. The summed E-state index contributed by atoms with van der Waals surface area (Å²) in [6.45, 7) is 1.90. The van der Waals surface area contributed by atoms with Crippen LogP contribution >= 0.6 is 15.9 Å². The molecule has 4 nitrogen and oxygen atoms in total. The summed E-state index contributed by atoms with van der Waals surface area (Å²) in [7, 11) is -3.60. The fourth-order valence-corrected chi connectivity index (χ4v) is 4.83. The molecule has 6 heteroatoms. The van der Waals surface area contributed by atoms with Crippen molar-refractivity contribution in [3.63, 3.8) is 0 Å². The van der Waals surface area contributed by atoms with Crippen LogP contribution in [0.5, 0.6) is 0 Å². The van der Waals surface area contributed by atoms with Gasteiger partial charge in [-0.2, -0.15) is 0 Å². The van der Waals surface area contributed by atoms with E-state index in [4.69, 9.17) is 0 Å². The minimum absolute atomic E-state index is 0.218. The minimum atomic E-state index is -3.60. The fraction of sp³-hybridized carbons (Fsp3) is 0.538. The Labute approximate surface area is 122 Å². The number of hydrogen-bond donors (Lipinski definition) is 2. The highest BCUT2D eigenvalue weighted by Crippen LogP contribution is 2.25. The Morgan fingerprint density at radius 2 is 2.00 bits per heavy atom. The number of benzene rings is 1. The summed E-state index contributed by atoms with van der Waals surface area (Å²) in [5.74, 6) is 0. The van der Waals surface area contributed by atoms with Crippen molar-refractivity contribution >= 4 is 26.0 Å². The van der Waals surface area contributed by atoms with E-state index in [0.29, 0.717) is 17.3 Å². The van der Waals surface area contributed by atoms with Gasteiger partial charge in [0.2, 0.25) is 10.0 Å². The van der Waals surface area contributed by atoms with Crippen LogP contribution in [-0.2, 0) is 10.0 Å². The van der Waals surface area contributed by atoms with E-state index in [1.54, 1.807) is 18.2 Å². The third kappa shape index (κ3) is 3.56. The molecule has 1 aromatic rings. The van der Waals surface area contributed by atoms with Crippen molar-refractivity contribution in [1.29, 1.82) is 0 Å². The predicted octanol–water partition coefficient (Wildman–Crippen LogP) is 2.34. The maximum Gasteiger partial charge on any atom is 0.242 e. The molecule has 0 spiro atoms. The summed E-state index contributed by atoms with van der Waals surface area (Å²) in [6, 6.07) is 4.73. The highest BCUT2D eigenvalue weighted by molar-refractivity contribution is 9.10. The van der Waals surface area contributed by atoms with Crippen LogP contribution in [0, 0.1) is 6.92 Å². The number of halogens is 1. The summed E-state index contributed by atoms with van der Waals surface area (Å²) < 4.78 is 27.8. The van der Waals surface area contributed by atoms with E-state index in [-0.39, 0.29) is 10.9 Å². The molecule has 1 aliphatic carbocycles. The lowest BCUT2D eigenvalue weighted by Gasteiger charge is -2.28. The summed E-state index contributed by atoms with van der Waals surface area (Å²) in [4.78, 5) is 0.218. The van der Waals surface area contributed by atoms with Gasteiger partial charge in [-0.3, -0.25) is 0 Å². The molecule has 19 heavy (non-hydrogen) atoms. The maximum absolute atomic E-state index is 12.3. The van der Waals surface area contributed by atoms with E-state index in [1.165, 1.54) is 0 Å². The maximum atomic E-state index is 12.3. The van der Waals surface area contributed by atoms with Crippen LogP contribution in [0.15, 0.2) is 27.6 Å². The van der Waals surface area contributed by atoms with E-state index < -0.39 is 16.1 Å². The Hall–Kier alpha value is -0.430. The third-order valence-corrected chi connectivity index (χ3v) is 5.88. The predicted molar refractivity (Wildman–Crippen MR) is 77.5 cm³/mol. The number of aliphatic hydroxyl groups is 1. The van der Waals surface area contributed by atoms with Crippen LogP contribution in [0.2, 0.25) is 0 Å². The van der Waals surface area contributed by atoms with Crippen LogP contribution in [0.25, 0.3) is 0 Å². The van der Waals surface area contributed by atoms with Gasteiger partial charge in [-0.1, -0.05) is 18.9 Å². The average Bonchev–Trinajstić information content (AvgIpc) is 2.31. The van der Waals surface area contributed by atoms with E-state index in [0.717, 1.165) is 18.4 Å². The molecule has 2 N–H and O–H groups in total. The number of hydrogen-bond acceptors (Lipinski definition) is 3. The topological polar surface area (TPSA) is 66.4 Å². The Morgan fingerprint density at radius 1 is 1.32 bits per heavy atom. The van der Waals surface area contributed by atoms with Gasteiger partial charge in [0.1, 0.15) is 0 Å². The zero-order valence-electron chi connectivity index (χ0n) is 10.8. The van der Waals surface area contributed by atoms with Crippen LogP contribution in [0.3, 0.4) is 0 Å². The first-order chi connectivity index (χ1) is 8.90. The van der Waals surface area contributed by atoms with Crippen LogP contribution in [0.4, 0.5) is 0 Å². The van der Waals surface area contributed by atoms with Crippen LogP contribution in [0.1, 0.15) is 31.2 Å². The molecular formula is C13H18BrNO3S. The molecule has 2 unspecified atom stereocenters. The number of rotatable bonds is 3. The molecule has 0 aliphatic heterocycles. The SMILES string of the molecule is Cc1ccc(S(=O)(=O)NC2CCCCC2O)c(Br)c1. The molecule has 0 amide bonds. The van der Waals surface area contributed by atoms with Gasteiger partial charge < -0.3 is 5.11 Å². The van der Waals surface area contributed by atoms with Crippen molar-refractivity contribution in [2.75, 3.05) is 0 Å². The molecule has 1 fully saturated rings. The number of aliphatic hydroxyl groups excluding tert-OH is 1. The lowest BCUT2D eigenvalue weighted by molar-refractivity contribution is 0.101. The molecule has 1 aromatic carbocycles. The van der Waals surface area contributed by atoms with Crippen molar-refractivity contribution < 1.29 is 13.5 Å². The molecule has 2 atom stereocenters. The number of aryl methyl sites for hydroxylation is 1. The van der Waals surface area contributed by atoms with Gasteiger partial charge in [0.05, 0.1) is 11.0 Å². The molecule has 0 aromatic heterocycles. The van der Waals surface area contributed by atoms with Crippen LogP contribution in [-0.4, -0.2) is 25.7 Å². The van der Waals surface area contributed by atoms with Crippen LogP contribution < -0.4 is 4.72 Å². The molecule has 1 saturated carbocycles. The molecular weight excluding hydrogens is 330 g/mol. The highest BCUT2D eigenvalue weighted by Gasteiger charge is 2.28. The standard InChI is InChI=1S/C13H18BrNO3S/c1-9-6-7-13(10(14)8-9)19(17,18)15-11-4-2-3-5-12(11)16/h6-8,11-12,15-16H,2-5H2,1H3. The van der Waals surface area contributed by atoms with E-state index in [2.05, 4.69) is 20.7 Å². The summed E-state index contributed by atoms with van der Waals surface area (Å²) in [6.07, 6.45) is 2.65. The molecule has 0 saturated heterocycles.